The number of aliphatic carboxylic acids is 1. The first-order chi connectivity index (χ1) is 14.1. The fraction of sp³-hybridized carbons (Fsp3) is 0.737. The molecule has 8 nitrogen and oxygen atoms in total. The summed E-state index contributed by atoms with van der Waals surface area (Å²) in [6, 6.07) is 1.97. The first-order valence-corrected chi connectivity index (χ1v) is 9.95. The molecule has 1 aromatic heterocycles. The molecule has 30 heavy (non-hydrogen) atoms. The quantitative estimate of drug-likeness (QED) is 0.733. The summed E-state index contributed by atoms with van der Waals surface area (Å²) in [4.78, 5) is 24.1. The number of carboxylic acids is 1. The molecular weight excluding hydrogens is 407 g/mol. The van der Waals surface area contributed by atoms with Gasteiger partial charge in [-0.2, -0.15) is 13.2 Å². The summed E-state index contributed by atoms with van der Waals surface area (Å²) in [7, 11) is 0. The second-order valence-electron chi connectivity index (χ2n) is 8.15. The first-order valence-electron chi connectivity index (χ1n) is 9.95. The molecule has 168 valence electrons. The maximum atomic E-state index is 12.9. The van der Waals surface area contributed by atoms with E-state index >= 15 is 0 Å². The number of nitrogens with zero attached hydrogens (tertiary/aromatic N) is 2. The number of nitrogens with one attached hydrogen (secondary N) is 1. The summed E-state index contributed by atoms with van der Waals surface area (Å²) in [6.45, 7) is 5.85. The highest BCUT2D eigenvalue weighted by molar-refractivity contribution is 5.84. The smallest absolute Gasteiger partial charge is 0.475 e. The van der Waals surface area contributed by atoms with Gasteiger partial charge < -0.3 is 19.7 Å². The third-order valence-electron chi connectivity index (χ3n) is 5.70. The number of carbonyl (C=O) groups is 2. The van der Waals surface area contributed by atoms with Crippen LogP contribution in [0.4, 0.5) is 13.2 Å². The zero-order valence-electron chi connectivity index (χ0n) is 16.7. The Hall–Kier alpha value is -2.14. The van der Waals surface area contributed by atoms with E-state index in [2.05, 4.69) is 15.4 Å². The maximum absolute atomic E-state index is 12.9. The number of fused-ring (bicyclic) bond motifs is 1. The third-order valence-corrected chi connectivity index (χ3v) is 5.70. The number of halogens is 3. The van der Waals surface area contributed by atoms with Crippen LogP contribution in [-0.4, -0.2) is 65.6 Å². The average Bonchev–Trinajstić information content (AvgIpc) is 3.26. The molecule has 4 rings (SSSR count). The highest BCUT2D eigenvalue weighted by Gasteiger charge is 2.53. The van der Waals surface area contributed by atoms with Gasteiger partial charge in [0, 0.05) is 38.9 Å². The fourth-order valence-corrected chi connectivity index (χ4v) is 3.95. The molecule has 0 unspecified atom stereocenters. The SMILES string of the molecule is Cc1cc(CN2CC[C@H]3OCC[C@@]3(C(=O)NCC3CC3)C2)no1.O=C(O)C(F)(F)F. The number of amides is 1. The molecule has 3 aliphatic rings. The Bertz CT molecular complexity index is 765. The molecule has 0 spiro atoms. The molecule has 0 bridgehead atoms. The van der Waals surface area contributed by atoms with Crippen molar-refractivity contribution in [3.8, 4) is 0 Å². The van der Waals surface area contributed by atoms with E-state index in [9.17, 15) is 18.0 Å². The van der Waals surface area contributed by atoms with Crippen LogP contribution in [0.1, 0.15) is 37.1 Å². The molecular formula is C19H26F3N3O5. The molecule has 1 aliphatic carbocycles. The number of aryl methyl sites for hydroxylation is 1. The van der Waals surface area contributed by atoms with E-state index in [1.165, 1.54) is 12.8 Å². The number of carbonyl (C=O) groups excluding carboxylic acids is 1. The van der Waals surface area contributed by atoms with Crippen LogP contribution in [0, 0.1) is 18.3 Å². The van der Waals surface area contributed by atoms with Crippen molar-refractivity contribution < 1.29 is 37.1 Å². The van der Waals surface area contributed by atoms with Gasteiger partial charge in [0.15, 0.2) is 0 Å². The van der Waals surface area contributed by atoms with Crippen LogP contribution in [-0.2, 0) is 20.9 Å². The van der Waals surface area contributed by atoms with E-state index in [0.717, 1.165) is 50.5 Å². The Morgan fingerprint density at radius 3 is 2.63 bits per heavy atom. The van der Waals surface area contributed by atoms with Gasteiger partial charge in [0.2, 0.25) is 5.91 Å². The van der Waals surface area contributed by atoms with Crippen LogP contribution in [0.3, 0.4) is 0 Å². The van der Waals surface area contributed by atoms with Crippen LogP contribution < -0.4 is 5.32 Å². The fourth-order valence-electron chi connectivity index (χ4n) is 3.95. The van der Waals surface area contributed by atoms with E-state index < -0.39 is 12.1 Å². The van der Waals surface area contributed by atoms with Gasteiger partial charge in [0.1, 0.15) is 5.76 Å². The largest absolute Gasteiger partial charge is 0.490 e. The Labute approximate surface area is 171 Å². The van der Waals surface area contributed by atoms with E-state index in [4.69, 9.17) is 19.2 Å². The van der Waals surface area contributed by atoms with Crippen molar-refractivity contribution in [1.82, 2.24) is 15.4 Å². The Balaban J connectivity index is 0.000000318. The van der Waals surface area contributed by atoms with Crippen molar-refractivity contribution in [3.63, 3.8) is 0 Å². The Morgan fingerprint density at radius 1 is 1.37 bits per heavy atom. The molecule has 3 fully saturated rings. The average molecular weight is 433 g/mol. The van der Waals surface area contributed by atoms with Crippen LogP contribution in [0.5, 0.6) is 0 Å². The number of carboxylic acid groups (broad SMARTS) is 1. The molecule has 2 aliphatic heterocycles. The monoisotopic (exact) mass is 433 g/mol. The van der Waals surface area contributed by atoms with Crippen molar-refractivity contribution >= 4 is 11.9 Å². The highest BCUT2D eigenvalue weighted by atomic mass is 19.4. The molecule has 2 N–H and O–H groups in total. The minimum Gasteiger partial charge on any atom is -0.475 e. The summed E-state index contributed by atoms with van der Waals surface area (Å²) < 4.78 is 42.8. The zero-order valence-corrected chi connectivity index (χ0v) is 16.7. The third kappa shape index (κ3) is 5.51. The van der Waals surface area contributed by atoms with Gasteiger partial charge in [-0.25, -0.2) is 4.79 Å². The van der Waals surface area contributed by atoms with Crippen LogP contribution in [0.15, 0.2) is 10.6 Å². The number of hydrogen-bond acceptors (Lipinski definition) is 6. The summed E-state index contributed by atoms with van der Waals surface area (Å²) >= 11 is 0. The lowest BCUT2D eigenvalue weighted by Crippen LogP contribution is -2.57. The van der Waals surface area contributed by atoms with Crippen LogP contribution in [0.2, 0.25) is 0 Å². The number of alkyl halides is 3. The minimum atomic E-state index is -5.08. The standard InChI is InChI=1S/C17H25N3O3.C2HF3O2/c1-12-8-14(19-23-12)10-20-6-4-15-17(11-20,5-7-22-15)16(21)18-9-13-2-3-13;3-2(4,5)1(6)7/h8,13,15H,2-7,9-11H2,1H3,(H,18,21);(H,6,7)/t15-,17-;/m1./s1. The molecule has 0 radical (unpaired) electrons. The predicted octanol–water partition coefficient (Wildman–Crippen LogP) is 2.12. The van der Waals surface area contributed by atoms with E-state index in [0.29, 0.717) is 12.5 Å². The van der Waals surface area contributed by atoms with Gasteiger partial charge >= 0.3 is 12.1 Å². The molecule has 1 amide bonds. The summed E-state index contributed by atoms with van der Waals surface area (Å²) in [5.74, 6) is -1.04. The van der Waals surface area contributed by atoms with Gasteiger partial charge in [0.25, 0.3) is 0 Å². The lowest BCUT2D eigenvalue weighted by molar-refractivity contribution is -0.192. The second kappa shape index (κ2) is 8.93. The van der Waals surface area contributed by atoms with Gasteiger partial charge in [-0.15, -0.1) is 0 Å². The minimum absolute atomic E-state index is 0.0667. The summed E-state index contributed by atoms with van der Waals surface area (Å²) in [5.41, 5.74) is 0.555. The molecule has 11 heteroatoms. The van der Waals surface area contributed by atoms with Crippen molar-refractivity contribution in [2.24, 2.45) is 11.3 Å². The van der Waals surface area contributed by atoms with Gasteiger partial charge in [-0.05, 0) is 38.5 Å². The number of likely N-dealkylation sites (tertiary alicyclic amines) is 1. The molecule has 0 aromatic carbocycles. The maximum Gasteiger partial charge on any atom is 0.490 e. The topological polar surface area (TPSA) is 105 Å². The second-order valence-corrected chi connectivity index (χ2v) is 8.15. The highest BCUT2D eigenvalue weighted by Crippen LogP contribution is 2.41. The molecule has 3 heterocycles. The van der Waals surface area contributed by atoms with Crippen molar-refractivity contribution in [2.45, 2.75) is 51.4 Å². The predicted molar refractivity (Wildman–Crippen MR) is 97.3 cm³/mol. The summed E-state index contributed by atoms with van der Waals surface area (Å²) in [5, 5.41) is 14.4. The zero-order chi connectivity index (χ0) is 21.9. The van der Waals surface area contributed by atoms with Crippen molar-refractivity contribution in [1.29, 1.82) is 0 Å². The molecule has 2 saturated heterocycles. The molecule has 1 saturated carbocycles. The van der Waals surface area contributed by atoms with Gasteiger partial charge in [-0.1, -0.05) is 5.16 Å². The lowest BCUT2D eigenvalue weighted by atomic mass is 9.75. The lowest BCUT2D eigenvalue weighted by Gasteiger charge is -2.42. The van der Waals surface area contributed by atoms with Crippen LogP contribution in [0.25, 0.3) is 0 Å². The molecule has 1 aromatic rings. The normalized spacial score (nSPS) is 26.5. The Morgan fingerprint density at radius 2 is 2.07 bits per heavy atom. The number of rotatable bonds is 5. The van der Waals surface area contributed by atoms with Gasteiger partial charge in [-0.3, -0.25) is 9.69 Å². The number of aromatic nitrogens is 1. The number of hydrogen-bond donors (Lipinski definition) is 2. The van der Waals surface area contributed by atoms with Crippen LogP contribution >= 0.6 is 0 Å². The van der Waals surface area contributed by atoms with Gasteiger partial charge in [0.05, 0.1) is 17.2 Å². The number of piperidine rings is 1. The van der Waals surface area contributed by atoms with E-state index in [1.54, 1.807) is 0 Å². The van der Waals surface area contributed by atoms with E-state index in [-0.39, 0.29) is 17.4 Å². The number of ether oxygens (including phenoxy) is 1. The molecule has 2 atom stereocenters. The first kappa shape index (κ1) is 22.5. The Kier molecular flexibility index (Phi) is 6.71. The van der Waals surface area contributed by atoms with E-state index in [1.807, 2.05) is 13.0 Å². The van der Waals surface area contributed by atoms with Crippen molar-refractivity contribution in [3.05, 3.63) is 17.5 Å². The van der Waals surface area contributed by atoms with Crippen molar-refractivity contribution in [2.75, 3.05) is 26.2 Å². The summed E-state index contributed by atoms with van der Waals surface area (Å²) in [6.07, 6.45) is -0.775.